The van der Waals surface area contributed by atoms with E-state index < -0.39 is 0 Å². The van der Waals surface area contributed by atoms with Crippen LogP contribution in [0.2, 0.25) is 0 Å². The van der Waals surface area contributed by atoms with Crippen LogP contribution in [-0.2, 0) is 22.6 Å². The number of thioether (sulfide) groups is 1. The maximum absolute atomic E-state index is 13.4. The number of piperidine rings is 1. The fraction of sp³-hybridized carbons (Fsp3) is 0.423. The van der Waals surface area contributed by atoms with Gasteiger partial charge in [0.15, 0.2) is 5.16 Å². The maximum Gasteiger partial charge on any atom is 0.243 e. The highest BCUT2D eigenvalue weighted by atomic mass is 32.2. The molecule has 2 aliphatic heterocycles. The Morgan fingerprint density at radius 2 is 1.73 bits per heavy atom. The van der Waals surface area contributed by atoms with E-state index >= 15 is 0 Å². The van der Waals surface area contributed by atoms with Gasteiger partial charge in [-0.2, -0.15) is 0 Å². The second kappa shape index (κ2) is 9.21. The van der Waals surface area contributed by atoms with Crippen molar-refractivity contribution in [3.63, 3.8) is 0 Å². The topological polar surface area (TPSA) is 58.4 Å². The summed E-state index contributed by atoms with van der Waals surface area (Å²) in [5.41, 5.74) is 4.02. The van der Waals surface area contributed by atoms with Gasteiger partial charge >= 0.3 is 0 Å². The van der Waals surface area contributed by atoms with Gasteiger partial charge in [0.25, 0.3) is 0 Å². The number of hydrogen-bond donors (Lipinski definition) is 0. The van der Waals surface area contributed by atoms with Gasteiger partial charge in [-0.25, -0.2) is 4.98 Å². The molecule has 0 saturated carbocycles. The predicted octanol–water partition coefficient (Wildman–Crippen LogP) is 4.51. The van der Waals surface area contributed by atoms with Crippen LogP contribution in [-0.4, -0.2) is 50.6 Å². The molecule has 172 valence electrons. The van der Waals surface area contributed by atoms with E-state index in [1.807, 2.05) is 56.8 Å². The summed E-state index contributed by atoms with van der Waals surface area (Å²) in [6.07, 6.45) is 4.16. The zero-order valence-corrected chi connectivity index (χ0v) is 20.1. The monoisotopic (exact) mass is 462 g/mol. The molecule has 0 spiro atoms. The van der Waals surface area contributed by atoms with Crippen LogP contribution in [0.15, 0.2) is 53.7 Å². The number of amides is 2. The fourth-order valence-corrected chi connectivity index (χ4v) is 6.14. The summed E-state index contributed by atoms with van der Waals surface area (Å²) >= 11 is 1.42. The molecule has 0 aliphatic carbocycles. The average molecular weight is 463 g/mol. The molecule has 5 rings (SSSR count). The number of rotatable bonds is 5. The summed E-state index contributed by atoms with van der Waals surface area (Å²) < 4.78 is 1.99. The van der Waals surface area contributed by atoms with E-state index in [0.717, 1.165) is 47.7 Å². The first-order valence-electron chi connectivity index (χ1n) is 11.8. The van der Waals surface area contributed by atoms with E-state index in [1.165, 1.54) is 23.7 Å². The first kappa shape index (κ1) is 22.0. The van der Waals surface area contributed by atoms with Crippen LogP contribution in [0.1, 0.15) is 38.7 Å². The van der Waals surface area contributed by atoms with Gasteiger partial charge in [0.2, 0.25) is 11.8 Å². The highest BCUT2D eigenvalue weighted by molar-refractivity contribution is 7.99. The quantitative estimate of drug-likeness (QED) is 0.524. The first-order valence-corrected chi connectivity index (χ1v) is 12.8. The number of carbonyl (C=O) groups is 2. The molecular weight excluding hydrogens is 432 g/mol. The van der Waals surface area contributed by atoms with Crippen molar-refractivity contribution < 1.29 is 9.59 Å². The van der Waals surface area contributed by atoms with Crippen LogP contribution in [0, 0.1) is 0 Å². The van der Waals surface area contributed by atoms with Gasteiger partial charge in [-0.15, -0.1) is 0 Å². The summed E-state index contributed by atoms with van der Waals surface area (Å²) in [6.45, 7) is 5.25. The standard InChI is InChI=1S/C26H30N4O2S/c1-18-8-7-9-19(2)30(18)24(31)16-29-23-13-6-4-11-21(23)27-26(29)33-17-25(32)28-15-14-20-10-3-5-12-22(20)28/h3-6,10-13,18-19H,7-9,14-17H2,1-2H3/t18-,19-/m1/s1. The van der Waals surface area contributed by atoms with E-state index in [2.05, 4.69) is 19.9 Å². The van der Waals surface area contributed by atoms with Gasteiger partial charge in [-0.05, 0) is 63.3 Å². The minimum absolute atomic E-state index is 0.0770. The van der Waals surface area contributed by atoms with Gasteiger partial charge in [-0.1, -0.05) is 42.1 Å². The minimum Gasteiger partial charge on any atom is -0.336 e. The van der Waals surface area contributed by atoms with Crippen LogP contribution in [0.4, 0.5) is 5.69 Å². The Balaban J connectivity index is 1.36. The molecule has 2 aliphatic rings. The smallest absolute Gasteiger partial charge is 0.243 e. The molecule has 6 nitrogen and oxygen atoms in total. The molecule has 1 saturated heterocycles. The van der Waals surface area contributed by atoms with Crippen LogP contribution in [0.25, 0.3) is 11.0 Å². The van der Waals surface area contributed by atoms with Gasteiger partial charge in [-0.3, -0.25) is 9.59 Å². The minimum atomic E-state index is 0.0770. The van der Waals surface area contributed by atoms with Gasteiger partial charge < -0.3 is 14.4 Å². The van der Waals surface area contributed by atoms with E-state index in [0.29, 0.717) is 5.75 Å². The van der Waals surface area contributed by atoms with Crippen LogP contribution >= 0.6 is 11.8 Å². The molecule has 2 atom stereocenters. The summed E-state index contributed by atoms with van der Waals surface area (Å²) in [4.78, 5) is 35.1. The first-order chi connectivity index (χ1) is 16.0. The fourth-order valence-electron chi connectivity index (χ4n) is 5.25. The number of hydrogen-bond acceptors (Lipinski definition) is 4. The van der Waals surface area contributed by atoms with E-state index in [-0.39, 0.29) is 30.4 Å². The molecule has 2 aromatic carbocycles. The highest BCUT2D eigenvalue weighted by Crippen LogP contribution is 2.30. The Bertz CT molecular complexity index is 1180. The molecule has 3 aromatic rings. The number of likely N-dealkylation sites (tertiary alicyclic amines) is 1. The molecular formula is C26H30N4O2S. The van der Waals surface area contributed by atoms with Crippen molar-refractivity contribution in [2.24, 2.45) is 0 Å². The molecule has 3 heterocycles. The summed E-state index contributed by atoms with van der Waals surface area (Å²) in [6, 6.07) is 16.5. The average Bonchev–Trinajstić information content (AvgIpc) is 3.39. The number of anilines is 1. The van der Waals surface area contributed by atoms with Crippen LogP contribution in [0.5, 0.6) is 0 Å². The van der Waals surface area contributed by atoms with E-state index in [4.69, 9.17) is 4.98 Å². The number of benzene rings is 2. The highest BCUT2D eigenvalue weighted by Gasteiger charge is 2.30. The van der Waals surface area contributed by atoms with Crippen molar-refractivity contribution in [1.82, 2.24) is 14.5 Å². The Kier molecular flexibility index (Phi) is 6.15. The van der Waals surface area contributed by atoms with Crippen molar-refractivity contribution in [3.8, 4) is 0 Å². The third kappa shape index (κ3) is 4.26. The van der Waals surface area contributed by atoms with Crippen molar-refractivity contribution in [3.05, 3.63) is 54.1 Å². The summed E-state index contributed by atoms with van der Waals surface area (Å²) in [5, 5.41) is 0.725. The molecule has 0 unspecified atom stereocenters. The van der Waals surface area contributed by atoms with Crippen molar-refractivity contribution in [1.29, 1.82) is 0 Å². The zero-order chi connectivity index (χ0) is 22.9. The lowest BCUT2D eigenvalue weighted by Gasteiger charge is -2.39. The number of para-hydroxylation sites is 3. The number of fused-ring (bicyclic) bond motifs is 2. The van der Waals surface area contributed by atoms with Gasteiger partial charge in [0.05, 0.1) is 16.8 Å². The Morgan fingerprint density at radius 3 is 2.55 bits per heavy atom. The molecule has 7 heteroatoms. The predicted molar refractivity (Wildman–Crippen MR) is 133 cm³/mol. The molecule has 0 N–H and O–H groups in total. The van der Waals surface area contributed by atoms with Crippen molar-refractivity contribution >= 4 is 40.3 Å². The molecule has 1 aromatic heterocycles. The Morgan fingerprint density at radius 1 is 1.00 bits per heavy atom. The molecule has 2 amide bonds. The largest absolute Gasteiger partial charge is 0.336 e. The lowest BCUT2D eigenvalue weighted by molar-refractivity contribution is -0.138. The Hall–Kier alpha value is -2.80. The lowest BCUT2D eigenvalue weighted by atomic mass is 9.97. The van der Waals surface area contributed by atoms with Gasteiger partial charge in [0.1, 0.15) is 6.54 Å². The zero-order valence-electron chi connectivity index (χ0n) is 19.2. The molecule has 0 bridgehead atoms. The third-order valence-corrected chi connectivity index (χ3v) is 7.87. The Labute approximate surface area is 199 Å². The molecule has 0 radical (unpaired) electrons. The lowest BCUT2D eigenvalue weighted by Crippen LogP contribution is -2.48. The van der Waals surface area contributed by atoms with E-state index in [1.54, 1.807) is 0 Å². The SMILES string of the molecule is C[C@@H]1CCC[C@@H](C)N1C(=O)Cn1c(SCC(=O)N2CCc3ccccc32)nc2ccccc21. The second-order valence-corrected chi connectivity index (χ2v) is 10.1. The number of imidazole rings is 1. The normalized spacial score (nSPS) is 20.3. The molecule has 33 heavy (non-hydrogen) atoms. The third-order valence-electron chi connectivity index (χ3n) is 6.91. The van der Waals surface area contributed by atoms with Crippen LogP contribution < -0.4 is 4.90 Å². The summed E-state index contributed by atoms with van der Waals surface area (Å²) in [7, 11) is 0. The molecule has 1 fully saturated rings. The van der Waals surface area contributed by atoms with Crippen molar-refractivity contribution in [2.45, 2.75) is 63.3 Å². The number of carbonyl (C=O) groups excluding carboxylic acids is 2. The summed E-state index contributed by atoms with van der Waals surface area (Å²) in [5.74, 6) is 0.496. The number of aromatic nitrogens is 2. The second-order valence-electron chi connectivity index (χ2n) is 9.11. The van der Waals surface area contributed by atoms with Crippen LogP contribution in [0.3, 0.4) is 0 Å². The number of nitrogens with zero attached hydrogens (tertiary/aromatic N) is 4. The van der Waals surface area contributed by atoms with E-state index in [9.17, 15) is 9.59 Å². The van der Waals surface area contributed by atoms with Crippen molar-refractivity contribution in [2.75, 3.05) is 17.2 Å². The van der Waals surface area contributed by atoms with Gasteiger partial charge in [0, 0.05) is 24.3 Å². The maximum atomic E-state index is 13.4.